The van der Waals surface area contributed by atoms with Gasteiger partial charge in [0.2, 0.25) is 0 Å². The van der Waals surface area contributed by atoms with Crippen molar-refractivity contribution in [2.45, 2.75) is 11.8 Å². The molecule has 4 aliphatic rings. The Hall–Kier alpha value is -4.32. The number of hydrogen-bond acceptors (Lipinski definition) is 6. The van der Waals surface area contributed by atoms with E-state index in [4.69, 9.17) is 8.83 Å². The Balaban J connectivity index is 1.77. The molecule has 4 aliphatic carbocycles. The molecular formula is C26H12O6. The van der Waals surface area contributed by atoms with Crippen molar-refractivity contribution >= 4 is 33.5 Å². The second-order valence-electron chi connectivity index (χ2n) is 8.21. The van der Waals surface area contributed by atoms with Crippen LogP contribution in [0, 0.1) is 0 Å². The minimum Gasteiger partial charge on any atom is -0.422 e. The minimum atomic E-state index is -0.606. The molecule has 0 saturated heterocycles. The van der Waals surface area contributed by atoms with E-state index in [-0.39, 0.29) is 11.6 Å². The molecule has 2 unspecified atom stereocenters. The van der Waals surface area contributed by atoms with E-state index < -0.39 is 23.1 Å². The highest BCUT2D eigenvalue weighted by molar-refractivity contribution is 6.24. The molecule has 6 heteroatoms. The summed E-state index contributed by atoms with van der Waals surface area (Å²) in [5.41, 5.74) is 3.43. The van der Waals surface area contributed by atoms with Crippen LogP contribution < -0.4 is 11.3 Å². The van der Waals surface area contributed by atoms with Gasteiger partial charge in [-0.3, -0.25) is 9.59 Å². The fourth-order valence-electron chi connectivity index (χ4n) is 5.61. The lowest BCUT2D eigenvalue weighted by molar-refractivity contribution is -0.115. The van der Waals surface area contributed by atoms with Crippen molar-refractivity contribution in [1.82, 2.24) is 0 Å². The van der Waals surface area contributed by atoms with Crippen molar-refractivity contribution in [1.29, 1.82) is 0 Å². The van der Waals surface area contributed by atoms with Crippen molar-refractivity contribution in [2.24, 2.45) is 0 Å². The summed E-state index contributed by atoms with van der Waals surface area (Å²) in [4.78, 5) is 50.5. The molecule has 2 heterocycles. The van der Waals surface area contributed by atoms with Gasteiger partial charge in [0, 0.05) is 57.0 Å². The van der Waals surface area contributed by atoms with Gasteiger partial charge in [0.25, 0.3) is 0 Å². The van der Waals surface area contributed by atoms with Crippen molar-refractivity contribution in [3.05, 3.63) is 115 Å². The molecule has 0 aliphatic heterocycles. The van der Waals surface area contributed by atoms with Gasteiger partial charge in [-0.2, -0.15) is 0 Å². The largest absolute Gasteiger partial charge is 0.422 e. The lowest BCUT2D eigenvalue weighted by Gasteiger charge is -2.43. The first-order chi connectivity index (χ1) is 15.5. The average molecular weight is 420 g/mol. The van der Waals surface area contributed by atoms with Crippen molar-refractivity contribution in [2.75, 3.05) is 0 Å². The summed E-state index contributed by atoms with van der Waals surface area (Å²) in [5, 5.41) is 1.22. The van der Waals surface area contributed by atoms with Gasteiger partial charge < -0.3 is 8.83 Å². The summed E-state index contributed by atoms with van der Waals surface area (Å²) < 4.78 is 11.4. The van der Waals surface area contributed by atoms with Gasteiger partial charge in [-0.1, -0.05) is 24.3 Å². The van der Waals surface area contributed by atoms with Gasteiger partial charge in [0.05, 0.1) is 0 Å². The van der Waals surface area contributed by atoms with Gasteiger partial charge >= 0.3 is 11.3 Å². The van der Waals surface area contributed by atoms with Crippen LogP contribution in [0.1, 0.15) is 34.1 Å². The SMILES string of the molecule is O=C1C=CC(=O)C2=C1C1c3ccccc3C2c2c1c1oc(=O)ccc1c1ccc(=O)oc21. The number of carbonyl (C=O) groups is 2. The van der Waals surface area contributed by atoms with Crippen LogP contribution in [-0.4, -0.2) is 11.6 Å². The van der Waals surface area contributed by atoms with Gasteiger partial charge in [0.15, 0.2) is 11.6 Å². The second kappa shape index (κ2) is 5.68. The molecule has 0 amide bonds. The zero-order valence-corrected chi connectivity index (χ0v) is 16.4. The molecule has 6 nitrogen and oxygen atoms in total. The van der Waals surface area contributed by atoms with E-state index in [1.807, 2.05) is 24.3 Å². The highest BCUT2D eigenvalue weighted by atomic mass is 16.4. The summed E-state index contributed by atoms with van der Waals surface area (Å²) in [6.07, 6.45) is 2.59. The third-order valence-electron chi connectivity index (χ3n) is 6.72. The maximum atomic E-state index is 13.0. The number of hydrogen-bond donors (Lipinski definition) is 0. The number of rotatable bonds is 0. The van der Waals surface area contributed by atoms with Gasteiger partial charge in [-0.25, -0.2) is 9.59 Å². The van der Waals surface area contributed by atoms with Crippen LogP contribution in [0.25, 0.3) is 21.9 Å². The van der Waals surface area contributed by atoms with E-state index in [0.717, 1.165) is 11.1 Å². The third kappa shape index (κ3) is 1.94. The third-order valence-corrected chi connectivity index (χ3v) is 6.72. The van der Waals surface area contributed by atoms with Gasteiger partial charge in [-0.05, 0) is 35.4 Å². The van der Waals surface area contributed by atoms with E-state index in [1.54, 1.807) is 12.1 Å². The van der Waals surface area contributed by atoms with Crippen LogP contribution >= 0.6 is 0 Å². The molecular weight excluding hydrogens is 408 g/mol. The smallest absolute Gasteiger partial charge is 0.336 e. The Morgan fingerprint density at radius 3 is 1.44 bits per heavy atom. The maximum absolute atomic E-state index is 13.0. The number of ketones is 2. The predicted octanol–water partition coefficient (Wildman–Crippen LogP) is 3.49. The van der Waals surface area contributed by atoms with E-state index in [9.17, 15) is 19.2 Å². The predicted molar refractivity (Wildman–Crippen MR) is 115 cm³/mol. The molecule has 0 spiro atoms. The molecule has 0 saturated carbocycles. The van der Waals surface area contributed by atoms with Crippen molar-refractivity contribution < 1.29 is 18.4 Å². The minimum absolute atomic E-state index is 0.240. The van der Waals surface area contributed by atoms with E-state index in [2.05, 4.69) is 0 Å². The Morgan fingerprint density at radius 1 is 0.562 bits per heavy atom. The first-order valence-corrected chi connectivity index (χ1v) is 10.2. The lowest BCUT2D eigenvalue weighted by Crippen LogP contribution is -2.35. The molecule has 0 fully saturated rings. The maximum Gasteiger partial charge on any atom is 0.336 e. The molecule has 4 aromatic rings. The topological polar surface area (TPSA) is 94.6 Å². The highest BCUT2D eigenvalue weighted by Crippen LogP contribution is 2.59. The second-order valence-corrected chi connectivity index (χ2v) is 8.21. The first-order valence-electron chi connectivity index (χ1n) is 10.2. The zero-order chi connectivity index (χ0) is 21.7. The lowest BCUT2D eigenvalue weighted by atomic mass is 9.58. The highest BCUT2D eigenvalue weighted by Gasteiger charge is 2.50. The van der Waals surface area contributed by atoms with Crippen LogP contribution in [0.3, 0.4) is 0 Å². The fourth-order valence-corrected chi connectivity index (χ4v) is 5.61. The normalized spacial score (nSPS) is 20.6. The first kappa shape index (κ1) is 17.4. The molecule has 32 heavy (non-hydrogen) atoms. The molecule has 0 radical (unpaired) electrons. The summed E-state index contributed by atoms with van der Waals surface area (Å²) in [6.45, 7) is 0. The number of carbonyl (C=O) groups excluding carboxylic acids is 2. The van der Waals surface area contributed by atoms with E-state index in [1.165, 1.54) is 24.3 Å². The molecule has 152 valence electrons. The molecule has 2 bridgehead atoms. The van der Waals surface area contributed by atoms with Crippen molar-refractivity contribution in [3.63, 3.8) is 0 Å². The summed E-state index contributed by atoms with van der Waals surface area (Å²) >= 11 is 0. The Kier molecular flexibility index (Phi) is 3.08. The molecule has 8 rings (SSSR count). The monoisotopic (exact) mass is 420 g/mol. The Labute approximate surface area is 179 Å². The zero-order valence-electron chi connectivity index (χ0n) is 16.4. The van der Waals surface area contributed by atoms with Crippen molar-refractivity contribution in [3.8, 4) is 0 Å². The van der Waals surface area contributed by atoms with Crippen LogP contribution in [0.15, 0.2) is 90.3 Å². The molecule has 2 aromatic carbocycles. The summed E-state index contributed by atoms with van der Waals surface area (Å²) in [5.74, 6) is -1.69. The van der Waals surface area contributed by atoms with Crippen LogP contribution in [0.4, 0.5) is 0 Å². The molecule has 2 aromatic heterocycles. The Bertz CT molecular complexity index is 1630. The summed E-state index contributed by atoms with van der Waals surface area (Å²) in [6, 6.07) is 13.5. The van der Waals surface area contributed by atoms with E-state index in [0.29, 0.717) is 44.2 Å². The van der Waals surface area contributed by atoms with Crippen LogP contribution in [0.2, 0.25) is 0 Å². The standard InChI is InChI=1S/C26H12O6/c27-15-7-8-16(28)22-20-12-4-2-1-3-11(12)19(21(15)22)23-24(20)26-14(6-10-18(30)32-26)13-5-9-17(29)31-25(13)23/h1-10,19-20H. The molecule has 0 N–H and O–H groups in total. The number of allylic oxidation sites excluding steroid dienone is 4. The average Bonchev–Trinajstić information content (AvgIpc) is 2.81. The fraction of sp³-hybridized carbons (Fsp3) is 0.0769. The van der Waals surface area contributed by atoms with Gasteiger partial charge in [0.1, 0.15) is 11.2 Å². The van der Waals surface area contributed by atoms with E-state index >= 15 is 0 Å². The molecule has 2 atom stereocenters. The summed E-state index contributed by atoms with van der Waals surface area (Å²) in [7, 11) is 0. The quantitative estimate of drug-likeness (QED) is 0.246. The van der Waals surface area contributed by atoms with Gasteiger partial charge in [-0.15, -0.1) is 0 Å². The number of fused-ring (bicyclic) bond motifs is 3. The Morgan fingerprint density at radius 2 is 1.00 bits per heavy atom. The van der Waals surface area contributed by atoms with Crippen LogP contribution in [-0.2, 0) is 9.59 Å². The number of benzene rings is 2. The van der Waals surface area contributed by atoms with Crippen LogP contribution in [0.5, 0.6) is 0 Å².